The first kappa shape index (κ1) is 24.3. The van der Waals surface area contributed by atoms with E-state index in [4.69, 9.17) is 14.0 Å². The highest BCUT2D eigenvalue weighted by atomic mass is 79.9. The molecule has 0 spiro atoms. The van der Waals surface area contributed by atoms with Crippen LogP contribution in [0.15, 0.2) is 67.1 Å². The van der Waals surface area contributed by atoms with E-state index in [0.29, 0.717) is 45.2 Å². The number of aromatic nitrogens is 5. The quantitative estimate of drug-likeness (QED) is 0.297. The van der Waals surface area contributed by atoms with Crippen molar-refractivity contribution in [2.24, 2.45) is 14.1 Å². The Morgan fingerprint density at radius 2 is 1.84 bits per heavy atom. The van der Waals surface area contributed by atoms with E-state index < -0.39 is 17.0 Å². The van der Waals surface area contributed by atoms with Gasteiger partial charge in [-0.15, -0.1) is 0 Å². The Bertz CT molecular complexity index is 1760. The average Bonchev–Trinajstić information content (AvgIpc) is 3.58. The van der Waals surface area contributed by atoms with Gasteiger partial charge in [-0.1, -0.05) is 21.1 Å². The van der Waals surface area contributed by atoms with Crippen LogP contribution in [0, 0.1) is 0 Å². The van der Waals surface area contributed by atoms with Crippen LogP contribution >= 0.6 is 15.9 Å². The third kappa shape index (κ3) is 4.47. The number of ether oxygens (including phenoxy) is 2. The van der Waals surface area contributed by atoms with Crippen molar-refractivity contribution in [2.75, 3.05) is 13.7 Å². The zero-order valence-electron chi connectivity index (χ0n) is 19.9. The third-order valence-corrected chi connectivity index (χ3v) is 6.38. The molecule has 5 aromatic rings. The molecule has 3 aromatic heterocycles. The van der Waals surface area contributed by atoms with Gasteiger partial charge in [0.15, 0.2) is 6.61 Å². The average molecular weight is 566 g/mol. The van der Waals surface area contributed by atoms with E-state index >= 15 is 0 Å². The monoisotopic (exact) mass is 565 g/mol. The number of carbonyl (C=O) groups excluding carboxylic acids is 1. The number of halogens is 1. The van der Waals surface area contributed by atoms with E-state index in [-0.39, 0.29) is 12.5 Å². The number of hydrogen-bond donors (Lipinski definition) is 1. The van der Waals surface area contributed by atoms with Gasteiger partial charge in [0.1, 0.15) is 17.0 Å². The number of nitrogens with one attached hydrogen (secondary N) is 1. The van der Waals surface area contributed by atoms with Gasteiger partial charge in [0, 0.05) is 35.8 Å². The topological polar surface area (TPSA) is 134 Å². The molecule has 188 valence electrons. The number of rotatable bonds is 7. The van der Waals surface area contributed by atoms with Crippen LogP contribution in [0.25, 0.3) is 33.7 Å². The maximum Gasteiger partial charge on any atom is 0.331 e. The highest BCUT2D eigenvalue weighted by molar-refractivity contribution is 9.10. The van der Waals surface area contributed by atoms with Crippen molar-refractivity contribution in [1.82, 2.24) is 24.3 Å². The fourth-order valence-corrected chi connectivity index (χ4v) is 4.11. The summed E-state index contributed by atoms with van der Waals surface area (Å²) < 4.78 is 19.6. The number of ketones is 1. The number of methoxy groups -OCH3 is 1. The maximum atomic E-state index is 12.6. The standard InChI is InChI=1S/C25H20BrN5O6/c1-30-18-11-17(27-21(18)24(33)31(2)25(30)34)16-9-8-15(10-20(16)35-3)36-12-19(32)23-28-22(29-37-23)13-4-6-14(26)7-5-13/h4-11,27H,12H2,1-3H3. The Morgan fingerprint density at radius 1 is 1.08 bits per heavy atom. The first-order chi connectivity index (χ1) is 17.8. The highest BCUT2D eigenvalue weighted by Crippen LogP contribution is 2.34. The highest BCUT2D eigenvalue weighted by Gasteiger charge is 2.19. The summed E-state index contributed by atoms with van der Waals surface area (Å²) in [5.74, 6) is 0.472. The third-order valence-electron chi connectivity index (χ3n) is 5.85. The summed E-state index contributed by atoms with van der Waals surface area (Å²) >= 11 is 3.36. The molecule has 12 heteroatoms. The predicted molar refractivity (Wildman–Crippen MR) is 138 cm³/mol. The normalized spacial score (nSPS) is 11.1. The van der Waals surface area contributed by atoms with Crippen molar-refractivity contribution in [3.63, 3.8) is 0 Å². The molecular formula is C25H20BrN5O6. The molecule has 1 N–H and O–H groups in total. The van der Waals surface area contributed by atoms with Gasteiger partial charge in [-0.25, -0.2) is 4.79 Å². The molecule has 0 bridgehead atoms. The van der Waals surface area contributed by atoms with E-state index in [1.807, 2.05) is 12.1 Å². The minimum atomic E-state index is -0.480. The molecule has 0 unspecified atom stereocenters. The molecule has 3 heterocycles. The zero-order valence-corrected chi connectivity index (χ0v) is 21.5. The Hall–Kier alpha value is -4.45. The predicted octanol–water partition coefficient (Wildman–Crippen LogP) is 3.32. The first-order valence-electron chi connectivity index (χ1n) is 11.0. The second-order valence-electron chi connectivity index (χ2n) is 8.15. The van der Waals surface area contributed by atoms with Crippen molar-refractivity contribution < 1.29 is 18.8 Å². The van der Waals surface area contributed by atoms with Crippen molar-refractivity contribution in [3.05, 3.63) is 79.7 Å². The SMILES string of the molecule is COc1cc(OCC(=O)c2nc(-c3ccc(Br)cc3)no2)ccc1-c1cc2c([nH]1)c(=O)n(C)c(=O)n2C. The van der Waals surface area contributed by atoms with Gasteiger partial charge in [0.25, 0.3) is 17.2 Å². The number of fused-ring (bicyclic) bond motifs is 1. The molecule has 0 aliphatic rings. The van der Waals surface area contributed by atoms with Crippen molar-refractivity contribution >= 4 is 32.7 Å². The van der Waals surface area contributed by atoms with Crippen LogP contribution in [0.3, 0.4) is 0 Å². The number of hydrogen-bond acceptors (Lipinski definition) is 8. The lowest BCUT2D eigenvalue weighted by atomic mass is 10.1. The Labute approximate surface area is 217 Å². The van der Waals surface area contributed by atoms with E-state index in [1.54, 1.807) is 43.4 Å². The molecule has 0 radical (unpaired) electrons. The fourth-order valence-electron chi connectivity index (χ4n) is 3.85. The van der Waals surface area contributed by atoms with Crippen molar-refractivity contribution in [3.8, 4) is 34.1 Å². The van der Waals surface area contributed by atoms with Gasteiger partial charge >= 0.3 is 5.69 Å². The second kappa shape index (κ2) is 9.54. The van der Waals surface area contributed by atoms with Crippen LogP contribution < -0.4 is 20.7 Å². The molecular weight excluding hydrogens is 546 g/mol. The first-order valence-corrected chi connectivity index (χ1v) is 11.8. The maximum absolute atomic E-state index is 12.6. The zero-order chi connectivity index (χ0) is 26.3. The number of aryl methyl sites for hydroxylation is 1. The Morgan fingerprint density at radius 3 is 2.57 bits per heavy atom. The van der Waals surface area contributed by atoms with Crippen LogP contribution in [0.5, 0.6) is 11.5 Å². The molecule has 0 saturated heterocycles. The Kier molecular flexibility index (Phi) is 6.25. The minimum absolute atomic E-state index is 0.160. The molecule has 0 amide bonds. The summed E-state index contributed by atoms with van der Waals surface area (Å²) in [6, 6.07) is 14.0. The summed E-state index contributed by atoms with van der Waals surface area (Å²) in [6.45, 7) is -0.324. The lowest BCUT2D eigenvalue weighted by Crippen LogP contribution is -2.36. The molecule has 0 aliphatic carbocycles. The molecule has 37 heavy (non-hydrogen) atoms. The fraction of sp³-hybridized carbons (Fsp3) is 0.160. The molecule has 0 saturated carbocycles. The van der Waals surface area contributed by atoms with Crippen LogP contribution in [-0.4, -0.2) is 43.8 Å². The van der Waals surface area contributed by atoms with Gasteiger partial charge in [-0.05, 0) is 42.5 Å². The van der Waals surface area contributed by atoms with Gasteiger partial charge in [-0.2, -0.15) is 4.98 Å². The molecule has 0 aliphatic heterocycles. The van der Waals surface area contributed by atoms with Crippen LogP contribution in [-0.2, 0) is 14.1 Å². The van der Waals surface area contributed by atoms with Gasteiger partial charge in [0.2, 0.25) is 5.82 Å². The van der Waals surface area contributed by atoms with Crippen molar-refractivity contribution in [1.29, 1.82) is 0 Å². The van der Waals surface area contributed by atoms with Gasteiger partial charge in [0.05, 0.1) is 18.3 Å². The molecule has 0 fully saturated rings. The van der Waals surface area contributed by atoms with Gasteiger partial charge < -0.3 is 19.0 Å². The largest absolute Gasteiger partial charge is 0.496 e. The summed E-state index contributed by atoms with van der Waals surface area (Å²) in [6.07, 6.45) is 0. The minimum Gasteiger partial charge on any atom is -0.496 e. The van der Waals surface area contributed by atoms with E-state index in [9.17, 15) is 14.4 Å². The number of benzene rings is 2. The van der Waals surface area contributed by atoms with Gasteiger partial charge in [-0.3, -0.25) is 18.7 Å². The Balaban J connectivity index is 1.35. The van der Waals surface area contributed by atoms with Crippen LogP contribution in [0.1, 0.15) is 10.7 Å². The number of aromatic amines is 1. The lowest BCUT2D eigenvalue weighted by molar-refractivity contribution is 0.0877. The van der Waals surface area contributed by atoms with E-state index in [2.05, 4.69) is 31.1 Å². The number of H-pyrrole nitrogens is 1. The summed E-state index contributed by atoms with van der Waals surface area (Å²) in [4.78, 5) is 44.6. The summed E-state index contributed by atoms with van der Waals surface area (Å²) in [5.41, 5.74) is 1.86. The number of nitrogens with zero attached hydrogens (tertiary/aromatic N) is 4. The second-order valence-corrected chi connectivity index (χ2v) is 9.07. The van der Waals surface area contributed by atoms with Crippen LogP contribution in [0.4, 0.5) is 0 Å². The molecule has 2 aromatic carbocycles. The summed E-state index contributed by atoms with van der Waals surface area (Å²) in [7, 11) is 4.51. The number of carbonyl (C=O) groups is 1. The van der Waals surface area contributed by atoms with E-state index in [1.165, 1.54) is 18.7 Å². The lowest BCUT2D eigenvalue weighted by Gasteiger charge is -2.10. The van der Waals surface area contributed by atoms with Crippen LogP contribution in [0.2, 0.25) is 0 Å². The van der Waals surface area contributed by atoms with Crippen molar-refractivity contribution in [2.45, 2.75) is 0 Å². The molecule has 5 rings (SSSR count). The molecule has 11 nitrogen and oxygen atoms in total. The number of Topliss-reactive ketones (excluding diaryl/α,β-unsaturated/α-hetero) is 1. The smallest absolute Gasteiger partial charge is 0.331 e. The van der Waals surface area contributed by atoms with E-state index in [0.717, 1.165) is 9.04 Å². The summed E-state index contributed by atoms with van der Waals surface area (Å²) in [5, 5.41) is 3.86. The molecule has 0 atom stereocenters.